The van der Waals surface area contributed by atoms with Crippen molar-refractivity contribution in [2.24, 2.45) is 0 Å². The third kappa shape index (κ3) is 5.81. The Morgan fingerprint density at radius 3 is 1.25 bits per heavy atom. The van der Waals surface area contributed by atoms with Crippen LogP contribution in [0.2, 0.25) is 0 Å². The SMILES string of the molecule is CCOc1c(OCC)c2ccc(/C=C/c3cccc(OC)c3)cc2c2cc(/C=C/c3cccc(OC)c3)ccc12. The van der Waals surface area contributed by atoms with Crippen LogP contribution >= 0.6 is 0 Å². The summed E-state index contributed by atoms with van der Waals surface area (Å²) in [5.41, 5.74) is 4.35. The fourth-order valence-corrected chi connectivity index (χ4v) is 4.87. The first-order chi connectivity index (χ1) is 19.6. The zero-order valence-electron chi connectivity index (χ0n) is 23.4. The van der Waals surface area contributed by atoms with Crippen molar-refractivity contribution in [3.8, 4) is 23.0 Å². The number of rotatable bonds is 10. The summed E-state index contributed by atoms with van der Waals surface area (Å²) in [5, 5.41) is 4.30. The van der Waals surface area contributed by atoms with E-state index in [0.29, 0.717) is 13.2 Å². The summed E-state index contributed by atoms with van der Waals surface area (Å²) in [6.45, 7) is 5.12. The number of hydrogen-bond acceptors (Lipinski definition) is 4. The van der Waals surface area contributed by atoms with Crippen LogP contribution in [0.3, 0.4) is 0 Å². The lowest BCUT2D eigenvalue weighted by Gasteiger charge is -2.18. The zero-order chi connectivity index (χ0) is 27.9. The highest BCUT2D eigenvalue weighted by Gasteiger charge is 2.17. The molecule has 202 valence electrons. The van der Waals surface area contributed by atoms with Gasteiger partial charge in [0.25, 0.3) is 0 Å². The molecule has 0 saturated carbocycles. The van der Waals surface area contributed by atoms with Crippen molar-refractivity contribution in [2.45, 2.75) is 13.8 Å². The maximum atomic E-state index is 6.18. The molecule has 0 aliphatic rings. The zero-order valence-corrected chi connectivity index (χ0v) is 23.4. The Kier molecular flexibility index (Phi) is 8.36. The highest BCUT2D eigenvalue weighted by molar-refractivity contribution is 6.15. The third-order valence-electron chi connectivity index (χ3n) is 6.77. The van der Waals surface area contributed by atoms with E-state index < -0.39 is 0 Å². The van der Waals surface area contributed by atoms with E-state index in [0.717, 1.165) is 66.8 Å². The fraction of sp³-hybridized carbons (Fsp3) is 0.167. The molecule has 0 aliphatic heterocycles. The van der Waals surface area contributed by atoms with Crippen LogP contribution < -0.4 is 18.9 Å². The molecule has 5 aromatic rings. The number of methoxy groups -OCH3 is 2. The van der Waals surface area contributed by atoms with Crippen LogP contribution in [0.1, 0.15) is 36.1 Å². The molecule has 0 radical (unpaired) electrons. The van der Waals surface area contributed by atoms with Gasteiger partial charge in [-0.1, -0.05) is 60.7 Å². The normalized spacial score (nSPS) is 11.5. The largest absolute Gasteiger partial charge is 0.497 e. The van der Waals surface area contributed by atoms with E-state index in [9.17, 15) is 0 Å². The van der Waals surface area contributed by atoms with Crippen LogP contribution in [0, 0.1) is 0 Å². The molecule has 0 heterocycles. The fourth-order valence-electron chi connectivity index (χ4n) is 4.87. The minimum Gasteiger partial charge on any atom is -0.497 e. The lowest BCUT2D eigenvalue weighted by atomic mass is 9.96. The second-order valence-electron chi connectivity index (χ2n) is 9.35. The summed E-state index contributed by atoms with van der Waals surface area (Å²) in [5.74, 6) is 3.25. The summed E-state index contributed by atoms with van der Waals surface area (Å²) >= 11 is 0. The van der Waals surface area contributed by atoms with Crippen molar-refractivity contribution < 1.29 is 18.9 Å². The van der Waals surface area contributed by atoms with Crippen molar-refractivity contribution in [2.75, 3.05) is 27.4 Å². The molecule has 0 saturated heterocycles. The topological polar surface area (TPSA) is 36.9 Å². The van der Waals surface area contributed by atoms with Crippen molar-refractivity contribution >= 4 is 45.8 Å². The molecule has 0 amide bonds. The van der Waals surface area contributed by atoms with Gasteiger partial charge < -0.3 is 18.9 Å². The first-order valence-corrected chi connectivity index (χ1v) is 13.6. The molecule has 0 atom stereocenters. The van der Waals surface area contributed by atoms with Crippen LogP contribution in [0.15, 0.2) is 84.9 Å². The van der Waals surface area contributed by atoms with Gasteiger partial charge in [0.1, 0.15) is 11.5 Å². The van der Waals surface area contributed by atoms with Crippen molar-refractivity contribution in [1.82, 2.24) is 0 Å². The summed E-state index contributed by atoms with van der Waals surface area (Å²) in [4.78, 5) is 0. The van der Waals surface area contributed by atoms with E-state index in [4.69, 9.17) is 18.9 Å². The predicted molar refractivity (Wildman–Crippen MR) is 168 cm³/mol. The Balaban J connectivity index is 1.64. The average molecular weight is 531 g/mol. The minimum absolute atomic E-state index is 0.555. The summed E-state index contributed by atoms with van der Waals surface area (Å²) in [6.07, 6.45) is 8.46. The summed E-state index contributed by atoms with van der Waals surface area (Å²) < 4.78 is 23.1. The highest BCUT2D eigenvalue weighted by atomic mass is 16.5. The molecule has 0 spiro atoms. The second kappa shape index (κ2) is 12.4. The van der Waals surface area contributed by atoms with Crippen LogP contribution in [0.25, 0.3) is 45.8 Å². The molecule has 5 aromatic carbocycles. The highest BCUT2D eigenvalue weighted by Crippen LogP contribution is 2.44. The van der Waals surface area contributed by atoms with Gasteiger partial charge in [0.2, 0.25) is 0 Å². The Labute approximate surface area is 236 Å². The molecule has 0 aliphatic carbocycles. The van der Waals surface area contributed by atoms with Gasteiger partial charge in [-0.25, -0.2) is 0 Å². The molecule has 4 heteroatoms. The number of ether oxygens (including phenoxy) is 4. The molecule has 0 aromatic heterocycles. The standard InChI is InChI=1S/C36H34O4/c1-5-39-35-31-19-17-27(15-13-25-9-7-11-29(21-25)37-3)23-33(31)34-24-28(18-20-32(34)36(35)40-6-2)16-14-26-10-8-12-30(22-26)38-4/h7-24H,5-6H2,1-4H3/b15-13+,16-14+. The van der Waals surface area contributed by atoms with Crippen LogP contribution in [0.4, 0.5) is 0 Å². The van der Waals surface area contributed by atoms with Gasteiger partial charge >= 0.3 is 0 Å². The molecule has 40 heavy (non-hydrogen) atoms. The van der Waals surface area contributed by atoms with E-state index in [2.05, 4.69) is 72.8 Å². The van der Waals surface area contributed by atoms with Gasteiger partial charge in [-0.15, -0.1) is 0 Å². The maximum absolute atomic E-state index is 6.18. The Hall–Kier alpha value is -4.70. The van der Waals surface area contributed by atoms with Gasteiger partial charge in [0.05, 0.1) is 27.4 Å². The van der Waals surface area contributed by atoms with Crippen LogP contribution in [0.5, 0.6) is 23.0 Å². The molecule has 0 bridgehead atoms. The molecule has 0 N–H and O–H groups in total. The first kappa shape index (κ1) is 26.9. The molecule has 0 fully saturated rings. The molecule has 0 unspecified atom stereocenters. The van der Waals surface area contributed by atoms with E-state index >= 15 is 0 Å². The monoisotopic (exact) mass is 530 g/mol. The quantitative estimate of drug-likeness (QED) is 0.133. The molecule has 5 rings (SSSR count). The lowest BCUT2D eigenvalue weighted by Crippen LogP contribution is -2.00. The van der Waals surface area contributed by atoms with Gasteiger partial charge in [-0.3, -0.25) is 0 Å². The smallest absolute Gasteiger partial charge is 0.169 e. The van der Waals surface area contributed by atoms with Crippen molar-refractivity contribution in [1.29, 1.82) is 0 Å². The Bertz CT molecular complexity index is 1570. The Morgan fingerprint density at radius 2 is 0.875 bits per heavy atom. The lowest BCUT2D eigenvalue weighted by molar-refractivity contribution is 0.293. The number of benzene rings is 5. The van der Waals surface area contributed by atoms with E-state index in [1.807, 2.05) is 50.2 Å². The average Bonchev–Trinajstić information content (AvgIpc) is 3.00. The van der Waals surface area contributed by atoms with Gasteiger partial charge in [-0.05, 0) is 95.4 Å². The van der Waals surface area contributed by atoms with Gasteiger partial charge in [-0.2, -0.15) is 0 Å². The molecular weight excluding hydrogens is 496 g/mol. The molecule has 4 nitrogen and oxygen atoms in total. The summed E-state index contributed by atoms with van der Waals surface area (Å²) in [7, 11) is 3.37. The van der Waals surface area contributed by atoms with Gasteiger partial charge in [0.15, 0.2) is 11.5 Å². The predicted octanol–water partition coefficient (Wildman–Crippen LogP) is 9.15. The van der Waals surface area contributed by atoms with E-state index in [1.165, 1.54) is 0 Å². The second-order valence-corrected chi connectivity index (χ2v) is 9.35. The first-order valence-electron chi connectivity index (χ1n) is 13.6. The number of fused-ring (bicyclic) bond motifs is 3. The van der Waals surface area contributed by atoms with Crippen molar-refractivity contribution in [3.05, 3.63) is 107 Å². The van der Waals surface area contributed by atoms with E-state index in [1.54, 1.807) is 14.2 Å². The minimum atomic E-state index is 0.555. The van der Waals surface area contributed by atoms with Crippen molar-refractivity contribution in [3.63, 3.8) is 0 Å². The van der Waals surface area contributed by atoms with Crippen LogP contribution in [-0.2, 0) is 0 Å². The summed E-state index contributed by atoms with van der Waals surface area (Å²) in [6, 6.07) is 29.0. The Morgan fingerprint density at radius 1 is 0.475 bits per heavy atom. The number of hydrogen-bond donors (Lipinski definition) is 0. The van der Waals surface area contributed by atoms with E-state index in [-0.39, 0.29) is 0 Å². The molecular formula is C36H34O4. The third-order valence-corrected chi connectivity index (χ3v) is 6.77. The van der Waals surface area contributed by atoms with Crippen LogP contribution in [-0.4, -0.2) is 27.4 Å². The maximum Gasteiger partial charge on any atom is 0.169 e. The van der Waals surface area contributed by atoms with Gasteiger partial charge in [0, 0.05) is 10.8 Å².